The van der Waals surface area contributed by atoms with Crippen LogP contribution in [0.4, 0.5) is 4.79 Å². The van der Waals surface area contributed by atoms with E-state index < -0.39 is 6.09 Å². The van der Waals surface area contributed by atoms with E-state index in [1.54, 1.807) is 32.4 Å². The largest absolute Gasteiger partial charge is 0.497 e. The van der Waals surface area contributed by atoms with Crippen molar-refractivity contribution in [3.8, 4) is 17.2 Å². The molecule has 0 bridgehead atoms. The van der Waals surface area contributed by atoms with Crippen molar-refractivity contribution in [1.29, 1.82) is 0 Å². The van der Waals surface area contributed by atoms with Gasteiger partial charge in [0.05, 0.1) is 20.8 Å². The van der Waals surface area contributed by atoms with Crippen molar-refractivity contribution >= 4 is 6.09 Å². The standard InChI is InChI=1S/C19H21NO5/c1-22-16-4-6-17(23-2)15(10-16)12-25-19(21)20-11-13-3-5-18-14(9-13)7-8-24-18/h3-6,9-10H,7-8,11-12H2,1-2H3,(H,20,21). The maximum atomic E-state index is 11.9. The average molecular weight is 343 g/mol. The zero-order chi connectivity index (χ0) is 17.6. The Hall–Kier alpha value is -2.89. The smallest absolute Gasteiger partial charge is 0.407 e. The van der Waals surface area contributed by atoms with Gasteiger partial charge in [0, 0.05) is 18.5 Å². The van der Waals surface area contributed by atoms with Crippen LogP contribution in [0.3, 0.4) is 0 Å². The molecule has 6 heteroatoms. The summed E-state index contributed by atoms with van der Waals surface area (Å²) in [7, 11) is 3.16. The molecule has 2 aromatic carbocycles. The van der Waals surface area contributed by atoms with Gasteiger partial charge in [0.2, 0.25) is 0 Å². The third-order valence-corrected chi connectivity index (χ3v) is 4.04. The number of carbonyl (C=O) groups is 1. The van der Waals surface area contributed by atoms with E-state index in [1.807, 2.05) is 18.2 Å². The topological polar surface area (TPSA) is 66.0 Å². The number of hydrogen-bond acceptors (Lipinski definition) is 5. The lowest BCUT2D eigenvalue weighted by Gasteiger charge is -2.12. The lowest BCUT2D eigenvalue weighted by atomic mass is 10.1. The quantitative estimate of drug-likeness (QED) is 0.873. The van der Waals surface area contributed by atoms with E-state index in [9.17, 15) is 4.79 Å². The van der Waals surface area contributed by atoms with Crippen LogP contribution in [0.1, 0.15) is 16.7 Å². The highest BCUT2D eigenvalue weighted by Crippen LogP contribution is 2.26. The summed E-state index contributed by atoms with van der Waals surface area (Å²) < 4.78 is 21.2. The molecule has 0 aromatic heterocycles. The van der Waals surface area contributed by atoms with Gasteiger partial charge in [-0.25, -0.2) is 4.79 Å². The Morgan fingerprint density at radius 1 is 1.16 bits per heavy atom. The molecule has 132 valence electrons. The predicted molar refractivity (Wildman–Crippen MR) is 92.2 cm³/mol. The summed E-state index contributed by atoms with van der Waals surface area (Å²) in [5, 5.41) is 2.75. The number of ether oxygens (including phenoxy) is 4. The molecular weight excluding hydrogens is 322 g/mol. The van der Waals surface area contributed by atoms with Crippen molar-refractivity contribution in [1.82, 2.24) is 5.32 Å². The van der Waals surface area contributed by atoms with Crippen LogP contribution in [0.15, 0.2) is 36.4 Å². The van der Waals surface area contributed by atoms with Crippen LogP contribution in [-0.4, -0.2) is 26.9 Å². The Balaban J connectivity index is 1.53. The molecule has 1 amide bonds. The molecule has 3 rings (SSSR count). The summed E-state index contributed by atoms with van der Waals surface area (Å²) in [6, 6.07) is 11.3. The van der Waals surface area contributed by atoms with Crippen molar-refractivity contribution in [2.45, 2.75) is 19.6 Å². The maximum absolute atomic E-state index is 11.9. The number of carbonyl (C=O) groups excluding carboxylic acids is 1. The number of alkyl carbamates (subject to hydrolysis) is 1. The number of rotatable bonds is 6. The van der Waals surface area contributed by atoms with Crippen LogP contribution in [-0.2, 0) is 24.3 Å². The van der Waals surface area contributed by atoms with Crippen LogP contribution in [0.25, 0.3) is 0 Å². The van der Waals surface area contributed by atoms with Crippen LogP contribution in [0.5, 0.6) is 17.2 Å². The molecule has 1 aliphatic heterocycles. The monoisotopic (exact) mass is 343 g/mol. The van der Waals surface area contributed by atoms with Crippen molar-refractivity contribution in [2.75, 3.05) is 20.8 Å². The van der Waals surface area contributed by atoms with Crippen molar-refractivity contribution < 1.29 is 23.7 Å². The van der Waals surface area contributed by atoms with E-state index >= 15 is 0 Å². The fourth-order valence-electron chi connectivity index (χ4n) is 2.71. The lowest BCUT2D eigenvalue weighted by Crippen LogP contribution is -2.23. The molecule has 6 nitrogen and oxygen atoms in total. The predicted octanol–water partition coefficient (Wildman–Crippen LogP) is 3.07. The first-order valence-electron chi connectivity index (χ1n) is 8.05. The SMILES string of the molecule is COc1ccc(OC)c(COC(=O)NCc2ccc3c(c2)CCO3)c1. The number of hydrogen-bond donors (Lipinski definition) is 1. The third-order valence-electron chi connectivity index (χ3n) is 4.04. The van der Waals surface area contributed by atoms with Gasteiger partial charge in [0.15, 0.2) is 0 Å². The Labute approximate surface area is 146 Å². The van der Waals surface area contributed by atoms with Crippen LogP contribution < -0.4 is 19.5 Å². The third kappa shape index (κ3) is 4.15. The molecule has 0 aliphatic carbocycles. The normalized spacial score (nSPS) is 12.1. The minimum Gasteiger partial charge on any atom is -0.497 e. The zero-order valence-electron chi connectivity index (χ0n) is 14.3. The fourth-order valence-corrected chi connectivity index (χ4v) is 2.71. The van der Waals surface area contributed by atoms with Crippen LogP contribution >= 0.6 is 0 Å². The fraction of sp³-hybridized carbons (Fsp3) is 0.316. The second kappa shape index (κ2) is 7.79. The minimum absolute atomic E-state index is 0.101. The van der Waals surface area contributed by atoms with Crippen molar-refractivity contribution in [3.63, 3.8) is 0 Å². The first-order valence-corrected chi connectivity index (χ1v) is 8.05. The summed E-state index contributed by atoms with van der Waals surface area (Å²) in [5.74, 6) is 2.25. The van der Waals surface area contributed by atoms with Gasteiger partial charge in [-0.2, -0.15) is 0 Å². The summed E-state index contributed by atoms with van der Waals surface area (Å²) in [5.41, 5.74) is 2.93. The second-order valence-electron chi connectivity index (χ2n) is 5.65. The first kappa shape index (κ1) is 17.0. The molecular formula is C19H21NO5. The number of amides is 1. The molecule has 1 aliphatic rings. The number of benzene rings is 2. The van der Waals surface area contributed by atoms with Gasteiger partial charge < -0.3 is 24.3 Å². The first-order chi connectivity index (χ1) is 12.2. The molecule has 2 aromatic rings. The van der Waals surface area contributed by atoms with E-state index in [0.29, 0.717) is 18.0 Å². The highest BCUT2D eigenvalue weighted by molar-refractivity contribution is 5.67. The molecule has 1 N–H and O–H groups in total. The molecule has 0 saturated carbocycles. The minimum atomic E-state index is -0.485. The zero-order valence-corrected chi connectivity index (χ0v) is 14.3. The van der Waals surface area contributed by atoms with Gasteiger partial charge in [-0.05, 0) is 35.4 Å². The molecule has 0 unspecified atom stereocenters. The van der Waals surface area contributed by atoms with Gasteiger partial charge >= 0.3 is 6.09 Å². The molecule has 0 spiro atoms. The average Bonchev–Trinajstić information content (AvgIpc) is 3.12. The van der Waals surface area contributed by atoms with Gasteiger partial charge in [0.1, 0.15) is 23.9 Å². The lowest BCUT2D eigenvalue weighted by molar-refractivity contribution is 0.138. The van der Waals surface area contributed by atoms with E-state index in [2.05, 4.69) is 5.32 Å². The Kier molecular flexibility index (Phi) is 5.28. The van der Waals surface area contributed by atoms with E-state index in [0.717, 1.165) is 29.9 Å². The van der Waals surface area contributed by atoms with Crippen LogP contribution in [0.2, 0.25) is 0 Å². The van der Waals surface area contributed by atoms with E-state index in [-0.39, 0.29) is 6.61 Å². The second-order valence-corrected chi connectivity index (χ2v) is 5.65. The van der Waals surface area contributed by atoms with Gasteiger partial charge in [-0.3, -0.25) is 0 Å². The van der Waals surface area contributed by atoms with Crippen LogP contribution in [0, 0.1) is 0 Å². The van der Waals surface area contributed by atoms with Gasteiger partial charge in [0.25, 0.3) is 0 Å². The number of fused-ring (bicyclic) bond motifs is 1. The van der Waals surface area contributed by atoms with Crippen molar-refractivity contribution in [3.05, 3.63) is 53.1 Å². The molecule has 0 atom stereocenters. The molecule has 0 fully saturated rings. The van der Waals surface area contributed by atoms with E-state index in [4.69, 9.17) is 18.9 Å². The van der Waals surface area contributed by atoms with Crippen molar-refractivity contribution in [2.24, 2.45) is 0 Å². The molecule has 0 saturated heterocycles. The summed E-state index contributed by atoms with van der Waals surface area (Å²) in [6.07, 6.45) is 0.421. The van der Waals surface area contributed by atoms with Gasteiger partial charge in [-0.15, -0.1) is 0 Å². The number of methoxy groups -OCH3 is 2. The Morgan fingerprint density at radius 2 is 2.04 bits per heavy atom. The summed E-state index contributed by atoms with van der Waals surface area (Å²) in [4.78, 5) is 11.9. The Bertz CT molecular complexity index is 759. The highest BCUT2D eigenvalue weighted by atomic mass is 16.5. The molecule has 1 heterocycles. The highest BCUT2D eigenvalue weighted by Gasteiger charge is 2.13. The molecule has 25 heavy (non-hydrogen) atoms. The maximum Gasteiger partial charge on any atom is 0.407 e. The summed E-state index contributed by atoms with van der Waals surface area (Å²) >= 11 is 0. The summed E-state index contributed by atoms with van der Waals surface area (Å²) in [6.45, 7) is 1.22. The molecule has 0 radical (unpaired) electrons. The number of nitrogens with one attached hydrogen (secondary N) is 1. The Morgan fingerprint density at radius 3 is 2.84 bits per heavy atom. The van der Waals surface area contributed by atoms with E-state index in [1.165, 1.54) is 5.56 Å². The van der Waals surface area contributed by atoms with Gasteiger partial charge in [-0.1, -0.05) is 12.1 Å².